The van der Waals surface area contributed by atoms with Gasteiger partial charge in [-0.15, -0.1) is 24.8 Å². The molecule has 140 valence electrons. The van der Waals surface area contributed by atoms with E-state index in [2.05, 4.69) is 15.6 Å². The van der Waals surface area contributed by atoms with Crippen LogP contribution in [0.5, 0.6) is 0 Å². The quantitative estimate of drug-likeness (QED) is 0.730. The lowest BCUT2D eigenvalue weighted by Gasteiger charge is -2.45. The molecule has 0 radical (unpaired) electrons. The van der Waals surface area contributed by atoms with Crippen molar-refractivity contribution in [2.24, 2.45) is 17.6 Å². The van der Waals surface area contributed by atoms with Crippen LogP contribution in [0.1, 0.15) is 42.6 Å². The summed E-state index contributed by atoms with van der Waals surface area (Å²) in [5.41, 5.74) is 6.42. The number of hydrogen-bond acceptors (Lipinski definition) is 4. The number of hydrogen-bond donors (Lipinski definition) is 3. The van der Waals surface area contributed by atoms with Gasteiger partial charge in [0.2, 0.25) is 5.91 Å². The molecule has 0 spiro atoms. The monoisotopic (exact) mass is 388 g/mol. The van der Waals surface area contributed by atoms with Gasteiger partial charge in [0.05, 0.1) is 6.54 Å². The lowest BCUT2D eigenvalue weighted by atomic mass is 9.67. The zero-order valence-electron chi connectivity index (χ0n) is 14.0. The Hall–Kier alpha value is -1.37. The van der Waals surface area contributed by atoms with E-state index in [0.29, 0.717) is 17.5 Å². The summed E-state index contributed by atoms with van der Waals surface area (Å²) >= 11 is 0. The van der Waals surface area contributed by atoms with Crippen molar-refractivity contribution in [2.75, 3.05) is 6.54 Å². The van der Waals surface area contributed by atoms with Gasteiger partial charge in [0.25, 0.3) is 5.91 Å². The van der Waals surface area contributed by atoms with E-state index in [4.69, 9.17) is 5.73 Å². The SMILES string of the molecule is Cl.Cl.NC1CC2CCCC(C1)C2NC(=O)CNC(=O)c1ccccn1. The van der Waals surface area contributed by atoms with Crippen molar-refractivity contribution in [3.8, 4) is 0 Å². The molecule has 2 atom stereocenters. The van der Waals surface area contributed by atoms with Crippen LogP contribution in [0, 0.1) is 11.8 Å². The van der Waals surface area contributed by atoms with Gasteiger partial charge in [-0.2, -0.15) is 0 Å². The number of nitrogens with two attached hydrogens (primary N) is 1. The van der Waals surface area contributed by atoms with Crippen LogP contribution in [0.4, 0.5) is 0 Å². The Morgan fingerprint density at radius 2 is 1.84 bits per heavy atom. The van der Waals surface area contributed by atoms with Crippen molar-refractivity contribution in [1.29, 1.82) is 0 Å². The summed E-state index contributed by atoms with van der Waals surface area (Å²) in [6, 6.07) is 5.59. The largest absolute Gasteiger partial charge is 0.351 e. The molecule has 2 fully saturated rings. The maximum Gasteiger partial charge on any atom is 0.270 e. The van der Waals surface area contributed by atoms with Crippen molar-refractivity contribution in [1.82, 2.24) is 15.6 Å². The molecule has 2 bridgehead atoms. The number of pyridine rings is 1. The van der Waals surface area contributed by atoms with Crippen molar-refractivity contribution >= 4 is 36.6 Å². The average Bonchev–Trinajstić information content (AvgIpc) is 2.54. The molecule has 0 aromatic carbocycles. The van der Waals surface area contributed by atoms with E-state index >= 15 is 0 Å². The molecule has 2 amide bonds. The molecule has 3 rings (SSSR count). The Bertz CT molecular complexity index is 559. The molecule has 2 aliphatic carbocycles. The summed E-state index contributed by atoms with van der Waals surface area (Å²) in [4.78, 5) is 28.1. The molecular weight excluding hydrogens is 363 g/mol. The summed E-state index contributed by atoms with van der Waals surface area (Å²) < 4.78 is 0. The Morgan fingerprint density at radius 1 is 1.16 bits per heavy atom. The normalized spacial score (nSPS) is 27.2. The molecule has 2 saturated carbocycles. The topological polar surface area (TPSA) is 97.1 Å². The van der Waals surface area contributed by atoms with Gasteiger partial charge >= 0.3 is 0 Å². The lowest BCUT2D eigenvalue weighted by molar-refractivity contribution is -0.122. The minimum atomic E-state index is -0.327. The molecule has 0 aliphatic heterocycles. The van der Waals surface area contributed by atoms with Crippen LogP contribution in [-0.2, 0) is 4.79 Å². The summed E-state index contributed by atoms with van der Waals surface area (Å²) in [6.45, 7) is -0.0165. The second-order valence-electron chi connectivity index (χ2n) is 6.67. The minimum Gasteiger partial charge on any atom is -0.351 e. The summed E-state index contributed by atoms with van der Waals surface area (Å²) in [6.07, 6.45) is 7.03. The number of halogens is 2. The maximum absolute atomic E-state index is 12.2. The Labute approximate surface area is 160 Å². The number of rotatable bonds is 4. The first-order valence-corrected chi connectivity index (χ1v) is 8.37. The number of aromatic nitrogens is 1. The second-order valence-corrected chi connectivity index (χ2v) is 6.67. The average molecular weight is 389 g/mol. The fourth-order valence-corrected chi connectivity index (χ4v) is 4.01. The third kappa shape index (κ3) is 5.56. The fourth-order valence-electron chi connectivity index (χ4n) is 4.01. The van der Waals surface area contributed by atoms with Gasteiger partial charge in [-0.1, -0.05) is 12.5 Å². The van der Waals surface area contributed by atoms with E-state index in [-0.39, 0.29) is 55.3 Å². The minimum absolute atomic E-state index is 0. The first-order valence-electron chi connectivity index (χ1n) is 8.37. The van der Waals surface area contributed by atoms with Crippen LogP contribution in [0.2, 0.25) is 0 Å². The standard InChI is InChI=1S/C17H24N4O2.2ClH/c18-13-8-11-4-3-5-12(9-13)16(11)21-15(22)10-20-17(23)14-6-1-2-7-19-14;;/h1-2,6-7,11-13,16H,3-5,8-10,18H2,(H,20,23)(H,21,22);2*1H. The van der Waals surface area contributed by atoms with E-state index in [1.807, 2.05) is 0 Å². The van der Waals surface area contributed by atoms with Gasteiger partial charge in [0, 0.05) is 18.3 Å². The number of amides is 2. The van der Waals surface area contributed by atoms with Gasteiger partial charge in [-0.05, 0) is 49.7 Å². The van der Waals surface area contributed by atoms with Crippen LogP contribution < -0.4 is 16.4 Å². The highest BCUT2D eigenvalue weighted by Gasteiger charge is 2.39. The molecule has 2 unspecified atom stereocenters. The van der Waals surface area contributed by atoms with Crippen LogP contribution in [0.3, 0.4) is 0 Å². The van der Waals surface area contributed by atoms with Gasteiger partial charge in [0.1, 0.15) is 5.69 Å². The van der Waals surface area contributed by atoms with Gasteiger partial charge < -0.3 is 16.4 Å². The second kappa shape index (κ2) is 9.94. The highest BCUT2D eigenvalue weighted by atomic mass is 35.5. The Kier molecular flexibility index (Phi) is 8.62. The van der Waals surface area contributed by atoms with Crippen molar-refractivity contribution in [3.63, 3.8) is 0 Å². The van der Waals surface area contributed by atoms with E-state index in [1.54, 1.807) is 24.4 Å². The van der Waals surface area contributed by atoms with Gasteiger partial charge in [0.15, 0.2) is 0 Å². The van der Waals surface area contributed by atoms with Crippen LogP contribution in [0.25, 0.3) is 0 Å². The zero-order chi connectivity index (χ0) is 16.2. The number of fused-ring (bicyclic) bond motifs is 2. The van der Waals surface area contributed by atoms with E-state index < -0.39 is 0 Å². The third-order valence-corrected chi connectivity index (χ3v) is 5.01. The molecule has 2 aliphatic rings. The molecule has 1 aromatic rings. The van der Waals surface area contributed by atoms with E-state index in [0.717, 1.165) is 25.7 Å². The molecule has 1 aromatic heterocycles. The lowest BCUT2D eigenvalue weighted by Crippen LogP contribution is -2.55. The maximum atomic E-state index is 12.2. The molecular formula is C17H26Cl2N4O2. The van der Waals surface area contributed by atoms with Gasteiger partial charge in [-0.25, -0.2) is 0 Å². The van der Waals surface area contributed by atoms with Crippen molar-refractivity contribution in [2.45, 2.75) is 44.2 Å². The predicted molar refractivity (Wildman–Crippen MR) is 101 cm³/mol. The van der Waals surface area contributed by atoms with Crippen molar-refractivity contribution < 1.29 is 9.59 Å². The first kappa shape index (κ1) is 21.7. The molecule has 4 N–H and O–H groups in total. The summed E-state index contributed by atoms with van der Waals surface area (Å²) in [5.74, 6) is 0.499. The van der Waals surface area contributed by atoms with Gasteiger partial charge in [-0.3, -0.25) is 14.6 Å². The Morgan fingerprint density at radius 3 is 2.44 bits per heavy atom. The van der Waals surface area contributed by atoms with Crippen molar-refractivity contribution in [3.05, 3.63) is 30.1 Å². The number of nitrogens with zero attached hydrogens (tertiary/aromatic N) is 1. The Balaban J connectivity index is 0.00000156. The first-order chi connectivity index (χ1) is 11.1. The van der Waals surface area contributed by atoms with E-state index in [9.17, 15) is 9.59 Å². The molecule has 25 heavy (non-hydrogen) atoms. The van der Waals surface area contributed by atoms with Crippen LogP contribution in [0.15, 0.2) is 24.4 Å². The third-order valence-electron chi connectivity index (χ3n) is 5.01. The summed E-state index contributed by atoms with van der Waals surface area (Å²) in [7, 11) is 0. The predicted octanol–water partition coefficient (Wildman–Crippen LogP) is 1.68. The molecule has 6 nitrogen and oxygen atoms in total. The number of carbonyl (C=O) groups is 2. The van der Waals surface area contributed by atoms with E-state index in [1.165, 1.54) is 6.42 Å². The molecule has 8 heteroatoms. The zero-order valence-corrected chi connectivity index (χ0v) is 15.7. The number of nitrogens with one attached hydrogen (secondary N) is 2. The summed E-state index contributed by atoms with van der Waals surface area (Å²) in [5, 5.41) is 5.74. The van der Waals surface area contributed by atoms with Crippen LogP contribution >= 0.6 is 24.8 Å². The number of carbonyl (C=O) groups excluding carboxylic acids is 2. The highest BCUT2D eigenvalue weighted by molar-refractivity contribution is 5.94. The molecule has 1 heterocycles. The molecule has 0 saturated heterocycles. The van der Waals surface area contributed by atoms with Crippen LogP contribution in [-0.4, -0.2) is 35.4 Å². The fraction of sp³-hybridized carbons (Fsp3) is 0.588. The smallest absolute Gasteiger partial charge is 0.270 e. The highest BCUT2D eigenvalue weighted by Crippen LogP contribution is 2.39.